The van der Waals surface area contributed by atoms with Gasteiger partial charge in [-0.3, -0.25) is 15.0 Å². The third-order valence-electron chi connectivity index (χ3n) is 4.31. The number of nitro groups is 1. The van der Waals surface area contributed by atoms with Crippen LogP contribution in [-0.4, -0.2) is 29.5 Å². The molecule has 0 saturated carbocycles. The molecule has 21 heavy (non-hydrogen) atoms. The fraction of sp³-hybridized carbons (Fsp3) is 0.625. The number of nitrogens with zero attached hydrogens (tertiary/aromatic N) is 2. The highest BCUT2D eigenvalue weighted by atomic mass is 16.6. The van der Waals surface area contributed by atoms with Crippen molar-refractivity contribution in [1.82, 2.24) is 4.90 Å². The van der Waals surface area contributed by atoms with E-state index >= 15 is 0 Å². The predicted octanol–water partition coefficient (Wildman–Crippen LogP) is 3.50. The van der Waals surface area contributed by atoms with Crippen LogP contribution in [0.15, 0.2) is 18.2 Å². The summed E-state index contributed by atoms with van der Waals surface area (Å²) in [5.41, 5.74) is 2.21. The van der Waals surface area contributed by atoms with Crippen molar-refractivity contribution in [3.8, 4) is 0 Å². The minimum absolute atomic E-state index is 0.172. The molecule has 1 heterocycles. The van der Waals surface area contributed by atoms with Crippen LogP contribution in [0.4, 0.5) is 11.4 Å². The summed E-state index contributed by atoms with van der Waals surface area (Å²) in [5, 5.41) is 14.3. The summed E-state index contributed by atoms with van der Waals surface area (Å²) in [7, 11) is 0. The maximum Gasteiger partial charge on any atom is 0.269 e. The van der Waals surface area contributed by atoms with Gasteiger partial charge in [-0.15, -0.1) is 0 Å². The van der Waals surface area contributed by atoms with Gasteiger partial charge in [-0.05, 0) is 43.4 Å². The molecule has 1 aromatic carbocycles. The molecule has 1 N–H and O–H groups in total. The Bertz CT molecular complexity index is 502. The van der Waals surface area contributed by atoms with Crippen molar-refractivity contribution in [2.24, 2.45) is 11.8 Å². The van der Waals surface area contributed by atoms with Gasteiger partial charge in [0.05, 0.1) is 4.92 Å². The van der Waals surface area contributed by atoms with E-state index in [4.69, 9.17) is 0 Å². The normalized spacial score (nSPS) is 19.1. The van der Waals surface area contributed by atoms with E-state index in [1.807, 2.05) is 13.0 Å². The van der Waals surface area contributed by atoms with Crippen LogP contribution in [0, 0.1) is 22.0 Å². The van der Waals surface area contributed by atoms with E-state index in [1.165, 1.54) is 6.42 Å². The van der Waals surface area contributed by atoms with Crippen LogP contribution in [-0.2, 0) is 6.54 Å². The van der Waals surface area contributed by atoms with Crippen molar-refractivity contribution in [2.45, 2.75) is 33.7 Å². The topological polar surface area (TPSA) is 58.4 Å². The van der Waals surface area contributed by atoms with Gasteiger partial charge in [-0.25, -0.2) is 0 Å². The average molecular weight is 291 g/mol. The Balaban J connectivity index is 2.13. The van der Waals surface area contributed by atoms with Crippen LogP contribution >= 0.6 is 0 Å². The number of likely N-dealkylation sites (tertiary alicyclic amines) is 1. The number of anilines is 1. The van der Waals surface area contributed by atoms with Gasteiger partial charge in [0, 0.05) is 37.5 Å². The Labute approximate surface area is 126 Å². The molecule has 0 spiro atoms. The molecular weight excluding hydrogens is 266 g/mol. The van der Waals surface area contributed by atoms with Crippen LogP contribution in [0.1, 0.15) is 32.8 Å². The zero-order valence-electron chi connectivity index (χ0n) is 13.1. The molecular formula is C16H25N3O2. The van der Waals surface area contributed by atoms with Crippen LogP contribution < -0.4 is 5.32 Å². The lowest BCUT2D eigenvalue weighted by Gasteiger charge is -2.19. The van der Waals surface area contributed by atoms with Gasteiger partial charge >= 0.3 is 0 Å². The highest BCUT2D eigenvalue weighted by molar-refractivity contribution is 5.56. The number of nitro benzene ring substituents is 1. The van der Waals surface area contributed by atoms with Crippen molar-refractivity contribution in [1.29, 1.82) is 0 Å². The number of hydrogen-bond acceptors (Lipinski definition) is 4. The molecule has 5 nitrogen and oxygen atoms in total. The predicted molar refractivity (Wildman–Crippen MR) is 85.5 cm³/mol. The molecule has 0 amide bonds. The summed E-state index contributed by atoms with van der Waals surface area (Å²) in [4.78, 5) is 13.1. The highest BCUT2D eigenvalue weighted by Crippen LogP contribution is 2.28. The lowest BCUT2D eigenvalue weighted by molar-refractivity contribution is -0.384. The summed E-state index contributed by atoms with van der Waals surface area (Å²) in [6.07, 6.45) is 1.23. The minimum Gasteiger partial charge on any atom is -0.385 e. The molecule has 0 aliphatic carbocycles. The molecule has 1 aliphatic heterocycles. The van der Waals surface area contributed by atoms with Gasteiger partial charge in [-0.1, -0.05) is 13.8 Å². The van der Waals surface area contributed by atoms with Crippen LogP contribution in [0.3, 0.4) is 0 Å². The summed E-state index contributed by atoms with van der Waals surface area (Å²) < 4.78 is 0. The van der Waals surface area contributed by atoms with E-state index in [1.54, 1.807) is 12.1 Å². The number of rotatable bonds is 6. The molecule has 1 aromatic rings. The molecule has 2 rings (SSSR count). The van der Waals surface area contributed by atoms with Crippen molar-refractivity contribution in [3.63, 3.8) is 0 Å². The third-order valence-corrected chi connectivity index (χ3v) is 4.31. The second-order valence-electron chi connectivity index (χ2n) is 6.16. The van der Waals surface area contributed by atoms with Crippen molar-refractivity contribution < 1.29 is 4.92 Å². The first-order chi connectivity index (χ1) is 10.0. The first-order valence-corrected chi connectivity index (χ1v) is 7.74. The van der Waals surface area contributed by atoms with Crippen molar-refractivity contribution in [3.05, 3.63) is 33.9 Å². The third kappa shape index (κ3) is 3.94. The van der Waals surface area contributed by atoms with Gasteiger partial charge in [0.2, 0.25) is 0 Å². The van der Waals surface area contributed by atoms with Crippen molar-refractivity contribution >= 4 is 11.4 Å². The number of benzene rings is 1. The zero-order valence-corrected chi connectivity index (χ0v) is 13.1. The summed E-state index contributed by atoms with van der Waals surface area (Å²) in [6.45, 7) is 10.3. The Hall–Kier alpha value is -1.62. The van der Waals surface area contributed by atoms with E-state index in [2.05, 4.69) is 24.1 Å². The molecule has 1 atom stereocenters. The molecule has 0 aromatic heterocycles. The Kier molecular flexibility index (Phi) is 5.17. The van der Waals surface area contributed by atoms with E-state index < -0.39 is 0 Å². The number of nitrogens with one attached hydrogen (secondary N) is 1. The smallest absolute Gasteiger partial charge is 0.269 e. The fourth-order valence-electron chi connectivity index (χ4n) is 2.98. The molecule has 1 aliphatic rings. The van der Waals surface area contributed by atoms with Crippen LogP contribution in [0.25, 0.3) is 0 Å². The van der Waals surface area contributed by atoms with Gasteiger partial charge in [0.25, 0.3) is 5.69 Å². The first kappa shape index (κ1) is 15.8. The largest absolute Gasteiger partial charge is 0.385 e. The van der Waals surface area contributed by atoms with E-state index in [-0.39, 0.29) is 10.6 Å². The standard InChI is InChI=1S/C16H25N3O2/c1-4-17-16-6-5-15(19(20)21)9-14(16)11-18-8-7-13(10-18)12(2)3/h5-6,9,12-13,17H,4,7-8,10-11H2,1-3H3. The lowest BCUT2D eigenvalue weighted by Crippen LogP contribution is -2.22. The monoisotopic (exact) mass is 291 g/mol. The maximum absolute atomic E-state index is 11.0. The quantitative estimate of drug-likeness (QED) is 0.643. The maximum atomic E-state index is 11.0. The minimum atomic E-state index is -0.319. The molecule has 1 saturated heterocycles. The highest BCUT2D eigenvalue weighted by Gasteiger charge is 2.25. The van der Waals surface area contributed by atoms with Crippen molar-refractivity contribution in [2.75, 3.05) is 25.0 Å². The summed E-state index contributed by atoms with van der Waals surface area (Å²) >= 11 is 0. The van der Waals surface area contributed by atoms with E-state index in [0.717, 1.165) is 43.3 Å². The Morgan fingerprint density at radius 1 is 1.48 bits per heavy atom. The van der Waals surface area contributed by atoms with Crippen LogP contribution in [0.5, 0.6) is 0 Å². The Morgan fingerprint density at radius 3 is 2.81 bits per heavy atom. The first-order valence-electron chi connectivity index (χ1n) is 7.74. The summed E-state index contributed by atoms with van der Waals surface area (Å²) in [6, 6.07) is 5.11. The zero-order chi connectivity index (χ0) is 15.4. The fourth-order valence-corrected chi connectivity index (χ4v) is 2.98. The van der Waals surface area contributed by atoms with E-state index in [9.17, 15) is 10.1 Å². The Morgan fingerprint density at radius 2 is 2.24 bits per heavy atom. The molecule has 5 heteroatoms. The lowest BCUT2D eigenvalue weighted by atomic mass is 9.95. The van der Waals surface area contributed by atoms with Gasteiger partial charge < -0.3 is 5.32 Å². The second kappa shape index (κ2) is 6.89. The van der Waals surface area contributed by atoms with Gasteiger partial charge in [0.15, 0.2) is 0 Å². The molecule has 0 radical (unpaired) electrons. The second-order valence-corrected chi connectivity index (χ2v) is 6.16. The molecule has 0 bridgehead atoms. The van der Waals surface area contributed by atoms with E-state index in [0.29, 0.717) is 5.92 Å². The van der Waals surface area contributed by atoms with Gasteiger partial charge in [-0.2, -0.15) is 0 Å². The molecule has 1 fully saturated rings. The number of hydrogen-bond donors (Lipinski definition) is 1. The average Bonchev–Trinajstić information content (AvgIpc) is 2.89. The van der Waals surface area contributed by atoms with Gasteiger partial charge in [0.1, 0.15) is 0 Å². The summed E-state index contributed by atoms with van der Waals surface area (Å²) in [5.74, 6) is 1.44. The molecule has 1 unspecified atom stereocenters. The van der Waals surface area contributed by atoms with Crippen LogP contribution in [0.2, 0.25) is 0 Å². The SMILES string of the molecule is CCNc1ccc([N+](=O)[O-])cc1CN1CCC(C(C)C)C1. The molecule has 116 valence electrons. The number of non-ortho nitro benzene ring substituents is 1.